The van der Waals surface area contributed by atoms with Crippen LogP contribution < -0.4 is 10.1 Å². The third-order valence-electron chi connectivity index (χ3n) is 3.15. The van der Waals surface area contributed by atoms with Crippen LogP contribution in [0, 0.1) is 11.3 Å². The van der Waals surface area contributed by atoms with Crippen molar-refractivity contribution in [2.75, 3.05) is 25.6 Å². The molecule has 22 heavy (non-hydrogen) atoms. The Balaban J connectivity index is 1.64. The summed E-state index contributed by atoms with van der Waals surface area (Å²) in [7, 11) is 1.65. The fourth-order valence-corrected chi connectivity index (χ4v) is 1.95. The molecule has 0 radical (unpaired) electrons. The number of hydrogen-bond acceptors (Lipinski definition) is 5. The third-order valence-corrected chi connectivity index (χ3v) is 3.15. The summed E-state index contributed by atoms with van der Waals surface area (Å²) in [6, 6.07) is 11.7. The zero-order valence-electron chi connectivity index (χ0n) is 12.6. The van der Waals surface area contributed by atoms with E-state index < -0.39 is 0 Å². The molecule has 5 heteroatoms. The van der Waals surface area contributed by atoms with Crippen molar-refractivity contribution in [2.45, 2.75) is 13.0 Å². The van der Waals surface area contributed by atoms with Crippen molar-refractivity contribution in [2.24, 2.45) is 0 Å². The van der Waals surface area contributed by atoms with E-state index in [1.165, 1.54) is 0 Å². The van der Waals surface area contributed by atoms with Gasteiger partial charge in [0.1, 0.15) is 11.8 Å². The van der Waals surface area contributed by atoms with E-state index in [1.807, 2.05) is 24.3 Å². The molecule has 1 aromatic heterocycles. The number of nitrogens with one attached hydrogen (secondary N) is 1. The number of hydrogen-bond donors (Lipinski definition) is 1. The van der Waals surface area contributed by atoms with Gasteiger partial charge in [-0.3, -0.25) is 4.98 Å². The van der Waals surface area contributed by atoms with Gasteiger partial charge in [-0.2, -0.15) is 5.26 Å². The average Bonchev–Trinajstić information content (AvgIpc) is 2.58. The fraction of sp³-hybridized carbons (Fsp3) is 0.294. The third kappa shape index (κ3) is 4.76. The lowest BCUT2D eigenvalue weighted by atomic mass is 10.2. The number of nitriles is 1. The zero-order chi connectivity index (χ0) is 15.6. The number of nitrogens with zero attached hydrogens (tertiary/aromatic N) is 2. The Hall–Kier alpha value is -2.58. The first-order valence-electron chi connectivity index (χ1n) is 7.12. The Morgan fingerprint density at radius 3 is 2.77 bits per heavy atom. The second-order valence-electron chi connectivity index (χ2n) is 4.71. The van der Waals surface area contributed by atoms with Gasteiger partial charge in [-0.05, 0) is 30.2 Å². The van der Waals surface area contributed by atoms with Gasteiger partial charge in [0.15, 0.2) is 0 Å². The minimum Gasteiger partial charge on any atom is -0.497 e. The van der Waals surface area contributed by atoms with E-state index in [0.29, 0.717) is 18.8 Å². The molecule has 0 unspecified atom stereocenters. The van der Waals surface area contributed by atoms with Crippen molar-refractivity contribution in [3.05, 3.63) is 53.9 Å². The summed E-state index contributed by atoms with van der Waals surface area (Å²) in [5, 5.41) is 12.2. The number of aromatic nitrogens is 1. The minimum absolute atomic E-state index is 0.557. The molecular formula is C17H19N3O2. The quantitative estimate of drug-likeness (QED) is 0.759. The molecule has 1 N–H and O–H groups in total. The number of methoxy groups -OCH3 is 1. The molecule has 114 valence electrons. The lowest BCUT2D eigenvalue weighted by Crippen LogP contribution is -2.07. The molecule has 5 nitrogen and oxygen atoms in total. The Kier molecular flexibility index (Phi) is 6.21. The lowest BCUT2D eigenvalue weighted by Gasteiger charge is -2.08. The summed E-state index contributed by atoms with van der Waals surface area (Å²) in [5.41, 5.74) is 2.49. The highest BCUT2D eigenvalue weighted by molar-refractivity contribution is 5.55. The molecule has 2 rings (SSSR count). The van der Waals surface area contributed by atoms with Crippen molar-refractivity contribution >= 4 is 5.69 Å². The molecular weight excluding hydrogens is 278 g/mol. The van der Waals surface area contributed by atoms with Crippen LogP contribution in [0.1, 0.15) is 17.5 Å². The first-order chi connectivity index (χ1) is 10.8. The van der Waals surface area contributed by atoms with Crippen molar-refractivity contribution in [1.29, 1.82) is 5.26 Å². The highest BCUT2D eigenvalue weighted by atomic mass is 16.5. The first kappa shape index (κ1) is 15.8. The fourth-order valence-electron chi connectivity index (χ4n) is 1.95. The van der Waals surface area contributed by atoms with Gasteiger partial charge in [-0.15, -0.1) is 0 Å². The van der Waals surface area contributed by atoms with Crippen molar-refractivity contribution in [1.82, 2.24) is 4.98 Å². The number of benzene rings is 1. The van der Waals surface area contributed by atoms with Gasteiger partial charge in [0.2, 0.25) is 0 Å². The summed E-state index contributed by atoms with van der Waals surface area (Å²) < 4.78 is 10.7. The van der Waals surface area contributed by atoms with Crippen LogP contribution in [0.25, 0.3) is 0 Å². The van der Waals surface area contributed by atoms with Gasteiger partial charge in [0, 0.05) is 25.5 Å². The van der Waals surface area contributed by atoms with Gasteiger partial charge in [0.05, 0.1) is 25.0 Å². The highest BCUT2D eigenvalue weighted by Crippen LogP contribution is 2.13. The minimum atomic E-state index is 0.557. The Morgan fingerprint density at radius 2 is 2.05 bits per heavy atom. The molecule has 0 amide bonds. The summed E-state index contributed by atoms with van der Waals surface area (Å²) in [5.74, 6) is 0.846. The summed E-state index contributed by atoms with van der Waals surface area (Å²) in [4.78, 5) is 3.92. The standard InChI is InChI=1S/C17H19N3O2/c1-21-16-5-3-14(4-6-16)13-22-10-2-8-20-17-7-9-19-12-15(17)11-18/h3-7,9,12H,2,8,10,13H2,1H3,(H,19,20). The van der Waals surface area contributed by atoms with E-state index in [4.69, 9.17) is 14.7 Å². The van der Waals surface area contributed by atoms with E-state index >= 15 is 0 Å². The maximum Gasteiger partial charge on any atom is 0.118 e. The number of anilines is 1. The monoisotopic (exact) mass is 297 g/mol. The largest absolute Gasteiger partial charge is 0.497 e. The highest BCUT2D eigenvalue weighted by Gasteiger charge is 2.00. The Labute approximate surface area is 130 Å². The van der Waals surface area contributed by atoms with Crippen LogP contribution in [0.4, 0.5) is 5.69 Å². The molecule has 0 aliphatic rings. The van der Waals surface area contributed by atoms with E-state index in [0.717, 1.165) is 30.0 Å². The van der Waals surface area contributed by atoms with Crippen molar-refractivity contribution < 1.29 is 9.47 Å². The van der Waals surface area contributed by atoms with E-state index in [9.17, 15) is 0 Å². The zero-order valence-corrected chi connectivity index (χ0v) is 12.6. The van der Waals surface area contributed by atoms with Gasteiger partial charge in [0.25, 0.3) is 0 Å². The molecule has 0 aliphatic heterocycles. The van der Waals surface area contributed by atoms with E-state index in [2.05, 4.69) is 16.4 Å². The Bertz CT molecular complexity index is 621. The molecule has 0 saturated heterocycles. The number of rotatable bonds is 8. The van der Waals surface area contributed by atoms with Gasteiger partial charge < -0.3 is 14.8 Å². The van der Waals surface area contributed by atoms with Crippen LogP contribution in [0.5, 0.6) is 5.75 Å². The van der Waals surface area contributed by atoms with Crippen LogP contribution in [0.2, 0.25) is 0 Å². The summed E-state index contributed by atoms with van der Waals surface area (Å²) in [6.07, 6.45) is 4.09. The smallest absolute Gasteiger partial charge is 0.118 e. The molecule has 0 fully saturated rings. The molecule has 1 heterocycles. The maximum atomic E-state index is 8.96. The average molecular weight is 297 g/mol. The molecule has 2 aromatic rings. The second kappa shape index (κ2) is 8.65. The molecule has 1 aromatic carbocycles. The van der Waals surface area contributed by atoms with E-state index in [-0.39, 0.29) is 0 Å². The van der Waals surface area contributed by atoms with Gasteiger partial charge >= 0.3 is 0 Å². The molecule has 0 atom stereocenters. The van der Waals surface area contributed by atoms with Gasteiger partial charge in [-0.1, -0.05) is 12.1 Å². The van der Waals surface area contributed by atoms with Crippen LogP contribution in [-0.4, -0.2) is 25.2 Å². The van der Waals surface area contributed by atoms with Crippen LogP contribution in [0.15, 0.2) is 42.7 Å². The van der Waals surface area contributed by atoms with Crippen LogP contribution in [0.3, 0.4) is 0 Å². The topological polar surface area (TPSA) is 67.2 Å². The Morgan fingerprint density at radius 1 is 1.23 bits per heavy atom. The van der Waals surface area contributed by atoms with Gasteiger partial charge in [-0.25, -0.2) is 0 Å². The molecule has 0 bridgehead atoms. The summed E-state index contributed by atoms with van der Waals surface area (Å²) >= 11 is 0. The summed E-state index contributed by atoms with van der Waals surface area (Å²) in [6.45, 7) is 2.00. The normalized spacial score (nSPS) is 10.0. The number of ether oxygens (including phenoxy) is 2. The predicted octanol–water partition coefficient (Wildman–Crippen LogP) is 2.98. The van der Waals surface area contributed by atoms with E-state index in [1.54, 1.807) is 25.6 Å². The molecule has 0 saturated carbocycles. The van der Waals surface area contributed by atoms with Crippen molar-refractivity contribution in [3.8, 4) is 11.8 Å². The lowest BCUT2D eigenvalue weighted by molar-refractivity contribution is 0.120. The van der Waals surface area contributed by atoms with Crippen molar-refractivity contribution in [3.63, 3.8) is 0 Å². The maximum absolute atomic E-state index is 8.96. The van der Waals surface area contributed by atoms with Crippen LogP contribution in [-0.2, 0) is 11.3 Å². The van der Waals surface area contributed by atoms with Crippen LogP contribution >= 0.6 is 0 Å². The SMILES string of the molecule is COc1ccc(COCCCNc2ccncc2C#N)cc1. The first-order valence-corrected chi connectivity index (χ1v) is 7.12. The predicted molar refractivity (Wildman–Crippen MR) is 84.7 cm³/mol. The number of pyridine rings is 1. The molecule has 0 aliphatic carbocycles. The second-order valence-corrected chi connectivity index (χ2v) is 4.71. The molecule has 0 spiro atoms.